The van der Waals surface area contributed by atoms with Gasteiger partial charge < -0.3 is 16.0 Å². The molecule has 28 heavy (non-hydrogen) atoms. The van der Waals surface area contributed by atoms with E-state index in [-0.39, 0.29) is 22.5 Å². The van der Waals surface area contributed by atoms with Crippen molar-refractivity contribution in [1.29, 1.82) is 0 Å². The molecule has 12 heteroatoms. The topological polar surface area (TPSA) is 156 Å². The van der Waals surface area contributed by atoms with Gasteiger partial charge in [-0.05, 0) is 18.2 Å². The van der Waals surface area contributed by atoms with Gasteiger partial charge in [0, 0.05) is 17.2 Å². The Bertz CT molecular complexity index is 1220. The molecule has 0 saturated carbocycles. The highest BCUT2D eigenvalue weighted by molar-refractivity contribution is 7.99. The number of H-pyrrole nitrogens is 2. The molecule has 3 aromatic rings. The van der Waals surface area contributed by atoms with E-state index in [1.54, 1.807) is 18.2 Å². The van der Waals surface area contributed by atoms with Gasteiger partial charge in [0.25, 0.3) is 11.1 Å². The number of hydrogen-bond donors (Lipinski definition) is 4. The van der Waals surface area contributed by atoms with Crippen molar-refractivity contribution in [3.8, 4) is 5.69 Å². The molecule has 0 saturated heterocycles. The van der Waals surface area contributed by atoms with E-state index in [0.29, 0.717) is 10.7 Å². The van der Waals surface area contributed by atoms with Crippen LogP contribution in [0.3, 0.4) is 0 Å². The molecule has 0 fully saturated rings. The predicted octanol–water partition coefficient (Wildman–Crippen LogP) is 0.575. The third-order valence-electron chi connectivity index (χ3n) is 3.36. The Kier molecular flexibility index (Phi) is 5.66. The molecule has 3 rings (SSSR count). The fraction of sp³-hybridized carbons (Fsp3) is 0.0625. The number of aromatic amines is 2. The molecule has 0 aliphatic carbocycles. The van der Waals surface area contributed by atoms with Crippen molar-refractivity contribution in [1.82, 2.24) is 19.5 Å². The standard InChI is InChI=1S/C16H13ClN6O4S/c17-8-2-1-3-9(4-8)23-11(6-13(25)22-16(23)27)20-14(26)7-28-15-19-10(18)5-12(24)21-15/h1-6H,7H2,(H,20,26)(H,22,25,27)(H3,18,19,21,24). The van der Waals surface area contributed by atoms with Gasteiger partial charge in [-0.25, -0.2) is 14.3 Å². The minimum Gasteiger partial charge on any atom is -0.383 e. The molecule has 144 valence electrons. The van der Waals surface area contributed by atoms with Crippen molar-refractivity contribution in [2.45, 2.75) is 5.16 Å². The van der Waals surface area contributed by atoms with Gasteiger partial charge in [0.05, 0.1) is 11.4 Å². The van der Waals surface area contributed by atoms with Crippen LogP contribution in [0.2, 0.25) is 5.02 Å². The summed E-state index contributed by atoms with van der Waals surface area (Å²) < 4.78 is 1.11. The summed E-state index contributed by atoms with van der Waals surface area (Å²) in [6.45, 7) is 0. The second kappa shape index (κ2) is 8.15. The number of thioether (sulfide) groups is 1. The van der Waals surface area contributed by atoms with Crippen LogP contribution in [0.15, 0.2) is 55.9 Å². The molecule has 0 radical (unpaired) electrons. The smallest absolute Gasteiger partial charge is 0.334 e. The maximum atomic E-state index is 12.3. The van der Waals surface area contributed by atoms with E-state index in [0.717, 1.165) is 28.5 Å². The molecule has 0 aliphatic rings. The number of carbonyl (C=O) groups is 1. The number of carbonyl (C=O) groups excluding carboxylic acids is 1. The zero-order valence-electron chi connectivity index (χ0n) is 14.1. The number of hydrogen-bond acceptors (Lipinski definition) is 7. The van der Waals surface area contributed by atoms with Gasteiger partial charge in [-0.1, -0.05) is 29.4 Å². The molecule has 0 unspecified atom stereocenters. The molecule has 1 amide bonds. The molecule has 0 spiro atoms. The first-order valence-corrected chi connectivity index (χ1v) is 9.10. The summed E-state index contributed by atoms with van der Waals surface area (Å²) >= 11 is 6.89. The van der Waals surface area contributed by atoms with Crippen molar-refractivity contribution < 1.29 is 4.79 Å². The molecule has 5 N–H and O–H groups in total. The van der Waals surface area contributed by atoms with Gasteiger partial charge in [0.1, 0.15) is 11.6 Å². The van der Waals surface area contributed by atoms with Crippen LogP contribution in [0.5, 0.6) is 0 Å². The van der Waals surface area contributed by atoms with Crippen LogP contribution in [0.25, 0.3) is 5.69 Å². The summed E-state index contributed by atoms with van der Waals surface area (Å²) in [4.78, 5) is 56.1. The van der Waals surface area contributed by atoms with Crippen LogP contribution >= 0.6 is 23.4 Å². The normalized spacial score (nSPS) is 10.6. The van der Waals surface area contributed by atoms with Crippen molar-refractivity contribution in [3.05, 3.63) is 72.6 Å². The summed E-state index contributed by atoms with van der Waals surface area (Å²) in [5.74, 6) is -0.689. The van der Waals surface area contributed by atoms with Gasteiger partial charge in [0.15, 0.2) is 5.16 Å². The number of halogens is 1. The Hall–Kier alpha value is -3.31. The lowest BCUT2D eigenvalue weighted by molar-refractivity contribution is -0.113. The number of nitrogens with zero attached hydrogens (tertiary/aromatic N) is 2. The SMILES string of the molecule is Nc1cc(=O)[nH]c(SCC(=O)Nc2cc(=O)[nH]c(=O)n2-c2cccc(Cl)c2)n1. The lowest BCUT2D eigenvalue weighted by Crippen LogP contribution is -2.32. The Morgan fingerprint density at radius 1 is 1.18 bits per heavy atom. The average molecular weight is 421 g/mol. The zero-order valence-corrected chi connectivity index (χ0v) is 15.6. The molecule has 2 aromatic heterocycles. The third-order valence-corrected chi connectivity index (χ3v) is 4.46. The quantitative estimate of drug-likeness (QED) is 0.347. The summed E-state index contributed by atoms with van der Waals surface area (Å²) in [5.41, 5.74) is 3.99. The predicted molar refractivity (Wildman–Crippen MR) is 106 cm³/mol. The molecule has 0 bridgehead atoms. The molecule has 1 aromatic carbocycles. The summed E-state index contributed by atoms with van der Waals surface area (Å²) in [5, 5.41) is 3.04. The van der Waals surface area contributed by atoms with Crippen LogP contribution in [-0.2, 0) is 4.79 Å². The van der Waals surface area contributed by atoms with Gasteiger partial charge in [-0.3, -0.25) is 19.4 Å². The van der Waals surface area contributed by atoms with Gasteiger partial charge in [0.2, 0.25) is 5.91 Å². The van der Waals surface area contributed by atoms with Crippen LogP contribution in [0.1, 0.15) is 0 Å². The fourth-order valence-corrected chi connectivity index (χ4v) is 3.16. The molecular formula is C16H13ClN6O4S. The molecular weight excluding hydrogens is 408 g/mol. The number of aromatic nitrogens is 4. The maximum Gasteiger partial charge on any atom is 0.334 e. The largest absolute Gasteiger partial charge is 0.383 e. The average Bonchev–Trinajstić information content (AvgIpc) is 2.58. The van der Waals surface area contributed by atoms with E-state index >= 15 is 0 Å². The highest BCUT2D eigenvalue weighted by Gasteiger charge is 2.13. The number of nitrogens with one attached hydrogen (secondary N) is 3. The van der Waals surface area contributed by atoms with Crippen molar-refractivity contribution in [2.75, 3.05) is 16.8 Å². The molecule has 0 atom stereocenters. The van der Waals surface area contributed by atoms with E-state index in [2.05, 4.69) is 20.3 Å². The van der Waals surface area contributed by atoms with Crippen molar-refractivity contribution >= 4 is 40.9 Å². The summed E-state index contributed by atoms with van der Waals surface area (Å²) in [7, 11) is 0. The molecule has 0 aliphatic heterocycles. The van der Waals surface area contributed by atoms with Crippen LogP contribution < -0.4 is 27.9 Å². The van der Waals surface area contributed by atoms with Crippen LogP contribution in [0.4, 0.5) is 11.6 Å². The minimum absolute atomic E-state index is 0.0241. The van der Waals surface area contributed by atoms with Crippen molar-refractivity contribution in [3.63, 3.8) is 0 Å². The third kappa shape index (κ3) is 4.69. The number of nitrogen functional groups attached to an aromatic ring is 1. The monoisotopic (exact) mass is 420 g/mol. The van der Waals surface area contributed by atoms with Gasteiger partial charge in [-0.15, -0.1) is 0 Å². The van der Waals surface area contributed by atoms with Gasteiger partial charge >= 0.3 is 5.69 Å². The highest BCUT2D eigenvalue weighted by Crippen LogP contribution is 2.17. The molecule has 10 nitrogen and oxygen atoms in total. The molecule has 2 heterocycles. The lowest BCUT2D eigenvalue weighted by atomic mass is 10.3. The fourth-order valence-electron chi connectivity index (χ4n) is 2.29. The first kappa shape index (κ1) is 19.5. The Morgan fingerprint density at radius 3 is 2.64 bits per heavy atom. The van der Waals surface area contributed by atoms with E-state index < -0.39 is 22.7 Å². The Labute approximate surface area is 165 Å². The number of amides is 1. The van der Waals surface area contributed by atoms with E-state index in [4.69, 9.17) is 17.3 Å². The van der Waals surface area contributed by atoms with Crippen LogP contribution in [-0.4, -0.2) is 31.2 Å². The summed E-state index contributed by atoms with van der Waals surface area (Å²) in [6, 6.07) is 8.54. The second-order valence-corrected chi connectivity index (χ2v) is 6.85. The number of rotatable bonds is 5. The second-order valence-electron chi connectivity index (χ2n) is 5.45. The van der Waals surface area contributed by atoms with E-state index in [1.165, 1.54) is 6.07 Å². The first-order valence-electron chi connectivity index (χ1n) is 7.73. The number of anilines is 2. The number of benzene rings is 1. The lowest BCUT2D eigenvalue weighted by Gasteiger charge is -2.13. The summed E-state index contributed by atoms with van der Waals surface area (Å²) in [6.07, 6.45) is 0. The maximum absolute atomic E-state index is 12.3. The number of nitrogens with two attached hydrogens (primary N) is 1. The minimum atomic E-state index is -0.737. The van der Waals surface area contributed by atoms with E-state index in [9.17, 15) is 19.2 Å². The van der Waals surface area contributed by atoms with Gasteiger partial charge in [-0.2, -0.15) is 0 Å². The van der Waals surface area contributed by atoms with E-state index in [1.807, 2.05) is 0 Å². The van der Waals surface area contributed by atoms with Crippen molar-refractivity contribution in [2.24, 2.45) is 0 Å². The first-order chi connectivity index (χ1) is 13.3. The zero-order chi connectivity index (χ0) is 20.3. The Balaban J connectivity index is 1.85. The highest BCUT2D eigenvalue weighted by atomic mass is 35.5. The Morgan fingerprint density at radius 2 is 1.93 bits per heavy atom. The van der Waals surface area contributed by atoms with Crippen LogP contribution in [0, 0.1) is 0 Å².